The Hall–Kier alpha value is -2.26. The molecular weight excluding hydrogens is 366 g/mol. The van der Waals surface area contributed by atoms with Gasteiger partial charge in [-0.2, -0.15) is 4.80 Å². The lowest BCUT2D eigenvalue weighted by Crippen LogP contribution is -2.45. The van der Waals surface area contributed by atoms with Gasteiger partial charge in [0.25, 0.3) is 0 Å². The predicted octanol–water partition coefficient (Wildman–Crippen LogP) is 1.01. The largest absolute Gasteiger partial charge is 0.330 e. The summed E-state index contributed by atoms with van der Waals surface area (Å²) in [4.78, 5) is 15.0. The number of carbonyl (C=O) groups is 1. The van der Waals surface area contributed by atoms with Crippen LogP contribution in [-0.2, 0) is 21.7 Å². The molecule has 1 amide bonds. The minimum Gasteiger partial charge on any atom is -0.330 e. The maximum absolute atomic E-state index is 12.1. The van der Waals surface area contributed by atoms with Gasteiger partial charge in [-0.15, -0.1) is 10.2 Å². The van der Waals surface area contributed by atoms with Crippen molar-refractivity contribution in [1.29, 1.82) is 0 Å². The molecule has 0 bridgehead atoms. The van der Waals surface area contributed by atoms with Crippen molar-refractivity contribution >= 4 is 27.3 Å². The van der Waals surface area contributed by atoms with Crippen LogP contribution in [0.2, 0.25) is 5.02 Å². The standard InChI is InChI=1S/C15H16ClN5O3S/c1-3-14(22)21-4-5-25(23,24)9-13(21)10-6-11(8-12(16)7-10)15-17-19-20(2)18-15/h3,6-8,13H,1,4-5,9H2,2H3. The van der Waals surface area contributed by atoms with Crippen LogP contribution in [0.15, 0.2) is 30.9 Å². The molecule has 0 radical (unpaired) electrons. The number of amides is 1. The van der Waals surface area contributed by atoms with Gasteiger partial charge < -0.3 is 4.90 Å². The van der Waals surface area contributed by atoms with Gasteiger partial charge in [-0.25, -0.2) is 8.42 Å². The summed E-state index contributed by atoms with van der Waals surface area (Å²) in [5.41, 5.74) is 1.21. The van der Waals surface area contributed by atoms with E-state index in [0.717, 1.165) is 0 Å². The van der Waals surface area contributed by atoms with E-state index in [1.165, 1.54) is 15.8 Å². The molecule has 8 nitrogen and oxygen atoms in total. The molecule has 1 saturated heterocycles. The Kier molecular flexibility index (Phi) is 4.61. The number of nitrogens with zero attached hydrogens (tertiary/aromatic N) is 5. The predicted molar refractivity (Wildman–Crippen MR) is 92.5 cm³/mol. The molecule has 0 N–H and O–H groups in total. The van der Waals surface area contributed by atoms with E-state index in [1.807, 2.05) is 0 Å². The maximum Gasteiger partial charge on any atom is 0.246 e. The normalized spacial score (nSPS) is 19.6. The zero-order valence-electron chi connectivity index (χ0n) is 13.5. The molecule has 0 spiro atoms. The number of halogens is 1. The Morgan fingerprint density at radius 1 is 1.40 bits per heavy atom. The first-order valence-electron chi connectivity index (χ1n) is 7.47. The molecule has 0 saturated carbocycles. The first-order valence-corrected chi connectivity index (χ1v) is 9.67. The molecule has 1 aliphatic heterocycles. The van der Waals surface area contributed by atoms with Gasteiger partial charge in [-0.3, -0.25) is 4.79 Å². The van der Waals surface area contributed by atoms with Crippen LogP contribution in [0.3, 0.4) is 0 Å². The van der Waals surface area contributed by atoms with E-state index in [-0.39, 0.29) is 24.0 Å². The van der Waals surface area contributed by atoms with Crippen LogP contribution in [0.5, 0.6) is 0 Å². The third kappa shape index (κ3) is 3.72. The third-order valence-corrected chi connectivity index (χ3v) is 5.81. The van der Waals surface area contributed by atoms with E-state index in [4.69, 9.17) is 11.6 Å². The zero-order valence-corrected chi connectivity index (χ0v) is 15.0. The number of tetrazole rings is 1. The van der Waals surface area contributed by atoms with Crippen molar-refractivity contribution in [3.63, 3.8) is 0 Å². The minimum atomic E-state index is -3.26. The zero-order chi connectivity index (χ0) is 18.2. The summed E-state index contributed by atoms with van der Waals surface area (Å²) in [7, 11) is -1.62. The molecule has 1 fully saturated rings. The quantitative estimate of drug-likeness (QED) is 0.736. The van der Waals surface area contributed by atoms with E-state index >= 15 is 0 Å². The monoisotopic (exact) mass is 381 g/mol. The second-order valence-corrected chi connectivity index (χ2v) is 8.41. The summed E-state index contributed by atoms with van der Waals surface area (Å²) in [5.74, 6) is -0.187. The van der Waals surface area contributed by atoms with Gasteiger partial charge in [0.05, 0.1) is 24.6 Å². The average Bonchev–Trinajstić information content (AvgIpc) is 2.99. The van der Waals surface area contributed by atoms with Crippen LogP contribution in [0.25, 0.3) is 11.4 Å². The number of benzene rings is 1. The van der Waals surface area contributed by atoms with E-state index in [1.54, 1.807) is 25.2 Å². The Labute approximate surface area is 150 Å². The first-order chi connectivity index (χ1) is 11.8. The maximum atomic E-state index is 12.1. The van der Waals surface area contributed by atoms with Crippen molar-refractivity contribution < 1.29 is 13.2 Å². The molecule has 1 atom stereocenters. The van der Waals surface area contributed by atoms with Gasteiger partial charge >= 0.3 is 0 Å². The Morgan fingerprint density at radius 2 is 2.16 bits per heavy atom. The first kappa shape index (κ1) is 17.6. The Morgan fingerprint density at radius 3 is 2.80 bits per heavy atom. The minimum absolute atomic E-state index is 0.0672. The summed E-state index contributed by atoms with van der Waals surface area (Å²) >= 11 is 6.20. The summed E-state index contributed by atoms with van der Waals surface area (Å²) in [5, 5.41) is 12.2. The van der Waals surface area contributed by atoms with Crippen molar-refractivity contribution in [3.8, 4) is 11.4 Å². The highest BCUT2D eigenvalue weighted by atomic mass is 35.5. The van der Waals surface area contributed by atoms with Crippen molar-refractivity contribution in [2.24, 2.45) is 7.05 Å². The van der Waals surface area contributed by atoms with Crippen molar-refractivity contribution in [2.75, 3.05) is 18.1 Å². The van der Waals surface area contributed by atoms with Gasteiger partial charge in [0, 0.05) is 17.1 Å². The van der Waals surface area contributed by atoms with Crippen LogP contribution in [0, 0.1) is 0 Å². The molecule has 1 aromatic heterocycles. The SMILES string of the molecule is C=CC(=O)N1CCS(=O)(=O)CC1c1cc(Cl)cc(-c2nnn(C)n2)c1. The summed E-state index contributed by atoms with van der Waals surface area (Å²) < 4.78 is 24.2. The summed E-state index contributed by atoms with van der Waals surface area (Å²) in [6.07, 6.45) is 1.18. The molecule has 25 heavy (non-hydrogen) atoms. The Balaban J connectivity index is 2.07. The molecule has 3 rings (SSSR count). The molecule has 10 heteroatoms. The average molecular weight is 382 g/mol. The lowest BCUT2D eigenvalue weighted by molar-refractivity contribution is -0.127. The van der Waals surface area contributed by atoms with Gasteiger partial charge in [-0.05, 0) is 35.1 Å². The van der Waals surface area contributed by atoms with Crippen LogP contribution >= 0.6 is 11.6 Å². The van der Waals surface area contributed by atoms with Crippen molar-refractivity contribution in [2.45, 2.75) is 6.04 Å². The topological polar surface area (TPSA) is 98.0 Å². The number of sulfone groups is 1. The van der Waals surface area contributed by atoms with Crippen LogP contribution in [-0.4, -0.2) is 57.5 Å². The lowest BCUT2D eigenvalue weighted by atomic mass is 10.0. The lowest BCUT2D eigenvalue weighted by Gasteiger charge is -2.35. The number of rotatable bonds is 3. The van der Waals surface area contributed by atoms with Crippen molar-refractivity contribution in [3.05, 3.63) is 41.4 Å². The second-order valence-electron chi connectivity index (χ2n) is 5.74. The molecule has 1 aliphatic rings. The van der Waals surface area contributed by atoms with Gasteiger partial charge in [0.2, 0.25) is 11.7 Å². The van der Waals surface area contributed by atoms with Gasteiger partial charge in [-0.1, -0.05) is 18.2 Å². The molecule has 2 heterocycles. The van der Waals surface area contributed by atoms with E-state index in [9.17, 15) is 13.2 Å². The van der Waals surface area contributed by atoms with Gasteiger partial charge in [0.15, 0.2) is 9.84 Å². The summed E-state index contributed by atoms with van der Waals surface area (Å²) in [6, 6.07) is 4.41. The highest BCUT2D eigenvalue weighted by Gasteiger charge is 2.34. The van der Waals surface area contributed by atoms with E-state index < -0.39 is 15.9 Å². The molecule has 1 aromatic carbocycles. The smallest absolute Gasteiger partial charge is 0.246 e. The molecule has 1 unspecified atom stereocenters. The van der Waals surface area contributed by atoms with Gasteiger partial charge in [0.1, 0.15) is 0 Å². The summed E-state index contributed by atoms with van der Waals surface area (Å²) in [6.45, 7) is 3.60. The fourth-order valence-corrected chi connectivity index (χ4v) is 4.54. The van der Waals surface area contributed by atoms with Crippen molar-refractivity contribution in [1.82, 2.24) is 25.1 Å². The number of hydrogen-bond acceptors (Lipinski definition) is 6. The third-order valence-electron chi connectivity index (χ3n) is 3.96. The van der Waals surface area contributed by atoms with Crippen LogP contribution < -0.4 is 0 Å². The Bertz CT molecular complexity index is 940. The van der Waals surface area contributed by atoms with Crippen LogP contribution in [0.1, 0.15) is 11.6 Å². The molecular formula is C15H16ClN5O3S. The molecule has 0 aliphatic carbocycles. The number of carbonyl (C=O) groups excluding carboxylic acids is 1. The number of hydrogen-bond donors (Lipinski definition) is 0. The highest BCUT2D eigenvalue weighted by molar-refractivity contribution is 7.91. The van der Waals surface area contributed by atoms with E-state index in [0.29, 0.717) is 22.0 Å². The van der Waals surface area contributed by atoms with Crippen LogP contribution in [0.4, 0.5) is 0 Å². The molecule has 2 aromatic rings. The number of aryl methyl sites for hydroxylation is 1. The van der Waals surface area contributed by atoms with E-state index in [2.05, 4.69) is 22.0 Å². The fourth-order valence-electron chi connectivity index (χ4n) is 2.80. The highest BCUT2D eigenvalue weighted by Crippen LogP contribution is 2.32. The number of aromatic nitrogens is 4. The fraction of sp³-hybridized carbons (Fsp3) is 0.333. The molecule has 132 valence electrons. The second kappa shape index (κ2) is 6.57.